The number of fused-ring (bicyclic) bond motifs is 1. The molecule has 7 heteroatoms. The largest absolute Gasteiger partial charge is 0.361 e. The number of halogens is 1. The number of aryl methyl sites for hydroxylation is 1. The van der Waals surface area contributed by atoms with Crippen molar-refractivity contribution in [2.45, 2.75) is 38.4 Å². The maximum Gasteiger partial charge on any atom is 0.217 e. The van der Waals surface area contributed by atoms with Crippen LogP contribution in [0.25, 0.3) is 0 Å². The standard InChI is InChI=1S/C13H13FN4O2/c1-6-8(5-15-20-6)10-4-9(14)13-16-12(17-18(10)13)11(19)7-2-3-7/h5,7,9-10H,2-4H2,1H3. The molecule has 0 saturated heterocycles. The smallest absolute Gasteiger partial charge is 0.217 e. The molecule has 0 radical (unpaired) electrons. The second kappa shape index (κ2) is 3.97. The summed E-state index contributed by atoms with van der Waals surface area (Å²) < 4.78 is 20.6. The zero-order chi connectivity index (χ0) is 13.9. The number of Topliss-reactive ketones (excluding diaryl/α,β-unsaturated/α-hetero) is 1. The van der Waals surface area contributed by atoms with Crippen molar-refractivity contribution in [1.82, 2.24) is 19.9 Å². The zero-order valence-corrected chi connectivity index (χ0v) is 10.9. The van der Waals surface area contributed by atoms with Gasteiger partial charge in [-0.15, -0.1) is 5.10 Å². The number of hydrogen-bond donors (Lipinski definition) is 0. The van der Waals surface area contributed by atoms with Crippen LogP contribution >= 0.6 is 0 Å². The van der Waals surface area contributed by atoms with Crippen LogP contribution in [0.1, 0.15) is 59.2 Å². The molecule has 2 aliphatic rings. The third-order valence-electron chi connectivity index (χ3n) is 3.98. The van der Waals surface area contributed by atoms with Gasteiger partial charge in [-0.3, -0.25) is 4.79 Å². The Hall–Kier alpha value is -2.05. The van der Waals surface area contributed by atoms with Crippen LogP contribution in [0.3, 0.4) is 0 Å². The fraction of sp³-hybridized carbons (Fsp3) is 0.538. The molecule has 2 aromatic heterocycles. The fourth-order valence-electron chi connectivity index (χ4n) is 2.70. The molecule has 1 saturated carbocycles. The number of carbonyl (C=O) groups is 1. The first-order valence-corrected chi connectivity index (χ1v) is 6.71. The molecule has 20 heavy (non-hydrogen) atoms. The fourth-order valence-corrected chi connectivity index (χ4v) is 2.70. The topological polar surface area (TPSA) is 73.8 Å². The second-order valence-electron chi connectivity index (χ2n) is 5.43. The number of aromatic nitrogens is 4. The van der Waals surface area contributed by atoms with Crippen LogP contribution in [0.15, 0.2) is 10.7 Å². The Labute approximate surface area is 114 Å². The third kappa shape index (κ3) is 1.62. The van der Waals surface area contributed by atoms with Crippen LogP contribution in [0.5, 0.6) is 0 Å². The van der Waals surface area contributed by atoms with Crippen LogP contribution in [-0.4, -0.2) is 25.7 Å². The summed E-state index contributed by atoms with van der Waals surface area (Å²) in [5, 5.41) is 7.95. The van der Waals surface area contributed by atoms with Gasteiger partial charge in [0.25, 0.3) is 0 Å². The number of alkyl halides is 1. The minimum atomic E-state index is -1.21. The van der Waals surface area contributed by atoms with Crippen molar-refractivity contribution in [3.8, 4) is 0 Å². The molecular formula is C13H13FN4O2. The summed E-state index contributed by atoms with van der Waals surface area (Å²) in [7, 11) is 0. The first-order chi connectivity index (χ1) is 9.65. The summed E-state index contributed by atoms with van der Waals surface area (Å²) in [6.07, 6.45) is 2.40. The van der Waals surface area contributed by atoms with Crippen LogP contribution in [0.2, 0.25) is 0 Å². The summed E-state index contributed by atoms with van der Waals surface area (Å²) in [6, 6.07) is -0.292. The molecule has 1 aliphatic carbocycles. The predicted octanol–water partition coefficient (Wildman–Crippen LogP) is 2.17. The molecule has 0 amide bonds. The molecule has 1 aliphatic heterocycles. The summed E-state index contributed by atoms with van der Waals surface area (Å²) >= 11 is 0. The molecule has 2 atom stereocenters. The van der Waals surface area contributed by atoms with Gasteiger partial charge in [-0.1, -0.05) is 5.16 Å². The Kier molecular flexibility index (Phi) is 2.33. The van der Waals surface area contributed by atoms with Crippen molar-refractivity contribution in [3.05, 3.63) is 29.2 Å². The first kappa shape index (κ1) is 11.7. The van der Waals surface area contributed by atoms with E-state index < -0.39 is 6.17 Å². The number of rotatable bonds is 3. The van der Waals surface area contributed by atoms with Crippen molar-refractivity contribution in [2.24, 2.45) is 5.92 Å². The van der Waals surface area contributed by atoms with Crippen molar-refractivity contribution < 1.29 is 13.7 Å². The molecular weight excluding hydrogens is 263 g/mol. The van der Waals surface area contributed by atoms with Crippen LogP contribution in [0.4, 0.5) is 4.39 Å². The van der Waals surface area contributed by atoms with Gasteiger partial charge < -0.3 is 4.52 Å². The maximum atomic E-state index is 14.1. The van der Waals surface area contributed by atoms with E-state index in [0.717, 1.165) is 18.4 Å². The van der Waals surface area contributed by atoms with Gasteiger partial charge in [0, 0.05) is 17.9 Å². The highest BCUT2D eigenvalue weighted by Gasteiger charge is 2.40. The Morgan fingerprint density at radius 1 is 1.50 bits per heavy atom. The van der Waals surface area contributed by atoms with Crippen LogP contribution in [0, 0.1) is 12.8 Å². The molecule has 3 heterocycles. The third-order valence-corrected chi connectivity index (χ3v) is 3.98. The van der Waals surface area contributed by atoms with E-state index in [9.17, 15) is 9.18 Å². The molecule has 0 aromatic carbocycles. The van der Waals surface area contributed by atoms with E-state index in [0.29, 0.717) is 5.76 Å². The van der Waals surface area contributed by atoms with Crippen molar-refractivity contribution >= 4 is 5.78 Å². The highest BCUT2D eigenvalue weighted by Crippen LogP contribution is 2.41. The van der Waals surface area contributed by atoms with Gasteiger partial charge in [0.15, 0.2) is 12.0 Å². The lowest BCUT2D eigenvalue weighted by atomic mass is 10.1. The summed E-state index contributed by atoms with van der Waals surface area (Å²) in [5.41, 5.74) is 0.793. The van der Waals surface area contributed by atoms with Gasteiger partial charge in [0.1, 0.15) is 5.76 Å². The first-order valence-electron chi connectivity index (χ1n) is 6.71. The number of nitrogens with zero attached hydrogens (tertiary/aromatic N) is 4. The van der Waals surface area contributed by atoms with Gasteiger partial charge in [-0.05, 0) is 19.8 Å². The zero-order valence-electron chi connectivity index (χ0n) is 10.9. The quantitative estimate of drug-likeness (QED) is 0.803. The average Bonchev–Trinajstić information content (AvgIpc) is 2.92. The Morgan fingerprint density at radius 3 is 2.95 bits per heavy atom. The van der Waals surface area contributed by atoms with Crippen molar-refractivity contribution in [2.75, 3.05) is 0 Å². The SMILES string of the molecule is Cc1oncc1C1CC(F)c2nc(C(=O)C3CC3)nn21. The van der Waals surface area contributed by atoms with E-state index in [1.165, 1.54) is 4.68 Å². The lowest BCUT2D eigenvalue weighted by Crippen LogP contribution is -2.10. The van der Waals surface area contributed by atoms with E-state index >= 15 is 0 Å². The summed E-state index contributed by atoms with van der Waals surface area (Å²) in [4.78, 5) is 16.1. The van der Waals surface area contributed by atoms with Crippen LogP contribution in [-0.2, 0) is 0 Å². The normalized spacial score (nSPS) is 24.9. The lowest BCUT2D eigenvalue weighted by molar-refractivity contribution is 0.0956. The average molecular weight is 276 g/mol. The molecule has 1 fully saturated rings. The Balaban J connectivity index is 1.74. The van der Waals surface area contributed by atoms with Gasteiger partial charge >= 0.3 is 0 Å². The van der Waals surface area contributed by atoms with Gasteiger partial charge in [-0.2, -0.15) is 0 Å². The van der Waals surface area contributed by atoms with E-state index in [2.05, 4.69) is 15.2 Å². The van der Waals surface area contributed by atoms with E-state index in [-0.39, 0.29) is 35.8 Å². The molecule has 0 bridgehead atoms. The molecule has 6 nitrogen and oxygen atoms in total. The van der Waals surface area contributed by atoms with Gasteiger partial charge in [-0.25, -0.2) is 14.1 Å². The Bertz CT molecular complexity index is 688. The highest BCUT2D eigenvalue weighted by molar-refractivity contribution is 5.95. The number of carbonyl (C=O) groups excluding carboxylic acids is 1. The van der Waals surface area contributed by atoms with Crippen LogP contribution < -0.4 is 0 Å². The maximum absolute atomic E-state index is 14.1. The second-order valence-corrected chi connectivity index (χ2v) is 5.43. The molecule has 0 N–H and O–H groups in total. The van der Waals surface area contributed by atoms with E-state index in [1.807, 2.05) is 0 Å². The van der Waals surface area contributed by atoms with Crippen molar-refractivity contribution in [1.29, 1.82) is 0 Å². The van der Waals surface area contributed by atoms with Gasteiger partial charge in [0.2, 0.25) is 11.6 Å². The predicted molar refractivity (Wildman–Crippen MR) is 64.9 cm³/mol. The van der Waals surface area contributed by atoms with E-state index in [4.69, 9.17) is 4.52 Å². The lowest BCUT2D eigenvalue weighted by Gasteiger charge is -2.08. The molecule has 104 valence electrons. The molecule has 4 rings (SSSR count). The molecule has 2 unspecified atom stereocenters. The van der Waals surface area contributed by atoms with Gasteiger partial charge in [0.05, 0.1) is 12.2 Å². The minimum Gasteiger partial charge on any atom is -0.361 e. The molecule has 0 spiro atoms. The Morgan fingerprint density at radius 2 is 2.30 bits per heavy atom. The monoisotopic (exact) mass is 276 g/mol. The summed E-state index contributed by atoms with van der Waals surface area (Å²) in [6.45, 7) is 1.78. The number of hydrogen-bond acceptors (Lipinski definition) is 5. The number of ketones is 1. The minimum absolute atomic E-state index is 0.0342. The highest BCUT2D eigenvalue weighted by atomic mass is 19.1. The molecule has 2 aromatic rings. The van der Waals surface area contributed by atoms with Crippen molar-refractivity contribution in [3.63, 3.8) is 0 Å². The summed E-state index contributed by atoms with van der Waals surface area (Å²) in [5.74, 6) is 0.982. The van der Waals surface area contributed by atoms with E-state index in [1.54, 1.807) is 13.1 Å².